The van der Waals surface area contributed by atoms with E-state index in [2.05, 4.69) is 35.8 Å². The van der Waals surface area contributed by atoms with Crippen LogP contribution in [0, 0.1) is 0 Å². The van der Waals surface area contributed by atoms with Gasteiger partial charge in [0, 0.05) is 10.5 Å². The van der Waals surface area contributed by atoms with E-state index in [1.165, 1.54) is 0 Å². The zero-order valence-electron chi connectivity index (χ0n) is 11.8. The second-order valence-electron chi connectivity index (χ2n) is 4.84. The van der Waals surface area contributed by atoms with Gasteiger partial charge in [0.2, 0.25) is 0 Å². The second-order valence-corrected chi connectivity index (χ2v) is 5.76. The van der Waals surface area contributed by atoms with Gasteiger partial charge in [0.25, 0.3) is 0 Å². The summed E-state index contributed by atoms with van der Waals surface area (Å²) < 4.78 is 12.1. The minimum absolute atomic E-state index is 0.363. The highest BCUT2D eigenvalue weighted by Crippen LogP contribution is 2.36. The molecule has 4 heteroatoms. The van der Waals surface area contributed by atoms with Crippen LogP contribution in [0.15, 0.2) is 40.9 Å². The van der Waals surface area contributed by atoms with Crippen LogP contribution >= 0.6 is 15.9 Å². The van der Waals surface area contributed by atoms with E-state index in [0.29, 0.717) is 17.4 Å². The molecule has 106 valence electrons. The lowest BCUT2D eigenvalue weighted by atomic mass is 10.0. The Bertz CT molecular complexity index is 611. The van der Waals surface area contributed by atoms with Crippen molar-refractivity contribution in [2.24, 2.45) is 0 Å². The molecule has 0 aliphatic carbocycles. The first-order valence-corrected chi connectivity index (χ1v) is 7.21. The summed E-state index contributed by atoms with van der Waals surface area (Å²) in [6.07, 6.45) is 0. The number of halogens is 1. The molecule has 0 aliphatic rings. The monoisotopic (exact) mass is 335 g/mol. The van der Waals surface area contributed by atoms with Crippen molar-refractivity contribution in [1.82, 2.24) is 0 Å². The van der Waals surface area contributed by atoms with E-state index < -0.39 is 0 Å². The van der Waals surface area contributed by atoms with Gasteiger partial charge in [-0.05, 0) is 41.8 Å². The van der Waals surface area contributed by atoms with Crippen LogP contribution in [-0.2, 0) is 0 Å². The van der Waals surface area contributed by atoms with Crippen molar-refractivity contribution >= 4 is 21.6 Å². The van der Waals surface area contributed by atoms with Crippen molar-refractivity contribution in [3.8, 4) is 17.2 Å². The van der Waals surface area contributed by atoms with Gasteiger partial charge in [-0.2, -0.15) is 0 Å². The number of nitrogens with two attached hydrogens (primary N) is 1. The van der Waals surface area contributed by atoms with Crippen LogP contribution in [0.3, 0.4) is 0 Å². The Morgan fingerprint density at radius 2 is 1.75 bits per heavy atom. The van der Waals surface area contributed by atoms with E-state index in [1.54, 1.807) is 13.2 Å². The van der Waals surface area contributed by atoms with Crippen LogP contribution in [0.2, 0.25) is 0 Å². The van der Waals surface area contributed by atoms with Gasteiger partial charge in [0.1, 0.15) is 11.5 Å². The Kier molecular flexibility index (Phi) is 4.55. The topological polar surface area (TPSA) is 44.5 Å². The number of rotatable bonds is 4. The lowest BCUT2D eigenvalue weighted by Crippen LogP contribution is -1.97. The average Bonchev–Trinajstić information content (AvgIpc) is 2.42. The van der Waals surface area contributed by atoms with E-state index in [9.17, 15) is 0 Å². The van der Waals surface area contributed by atoms with Crippen LogP contribution in [0.25, 0.3) is 0 Å². The van der Waals surface area contributed by atoms with Gasteiger partial charge in [0.05, 0.1) is 12.8 Å². The minimum atomic E-state index is 0.363. The summed E-state index contributed by atoms with van der Waals surface area (Å²) in [6, 6.07) is 11.4. The molecule has 0 heterocycles. The number of hydrogen-bond donors (Lipinski definition) is 1. The fourth-order valence-corrected chi connectivity index (χ4v) is 2.31. The summed E-state index contributed by atoms with van der Waals surface area (Å²) >= 11 is 3.49. The molecule has 20 heavy (non-hydrogen) atoms. The predicted octanol–water partition coefficient (Wildman–Crippen LogP) is 4.96. The number of benzene rings is 2. The van der Waals surface area contributed by atoms with Crippen LogP contribution in [0.5, 0.6) is 17.2 Å². The smallest absolute Gasteiger partial charge is 0.150 e. The van der Waals surface area contributed by atoms with Crippen molar-refractivity contribution in [3.05, 3.63) is 46.4 Å². The van der Waals surface area contributed by atoms with Crippen molar-refractivity contribution in [1.29, 1.82) is 0 Å². The lowest BCUT2D eigenvalue weighted by Gasteiger charge is -2.15. The molecule has 0 aromatic heterocycles. The Morgan fingerprint density at radius 3 is 2.35 bits per heavy atom. The zero-order valence-corrected chi connectivity index (χ0v) is 13.4. The zero-order chi connectivity index (χ0) is 14.7. The molecule has 2 aromatic carbocycles. The highest BCUT2D eigenvalue weighted by atomic mass is 79.9. The SMILES string of the molecule is COc1ccc(Oc2ccc(Br)cc2C(C)C)c(N)c1. The van der Waals surface area contributed by atoms with Crippen molar-refractivity contribution in [2.45, 2.75) is 19.8 Å². The van der Waals surface area contributed by atoms with E-state index >= 15 is 0 Å². The quantitative estimate of drug-likeness (QED) is 0.803. The molecule has 0 radical (unpaired) electrons. The molecule has 0 aliphatic heterocycles. The molecule has 0 amide bonds. The first kappa shape index (κ1) is 14.7. The van der Waals surface area contributed by atoms with Crippen molar-refractivity contribution in [2.75, 3.05) is 12.8 Å². The van der Waals surface area contributed by atoms with E-state index in [4.69, 9.17) is 15.2 Å². The molecular weight excluding hydrogens is 318 g/mol. The molecule has 2 N–H and O–H groups in total. The first-order chi connectivity index (χ1) is 9.51. The molecule has 0 spiro atoms. The van der Waals surface area contributed by atoms with Crippen molar-refractivity contribution in [3.63, 3.8) is 0 Å². The molecule has 0 atom stereocenters. The fraction of sp³-hybridized carbons (Fsp3) is 0.250. The summed E-state index contributed by atoms with van der Waals surface area (Å²) in [6.45, 7) is 4.26. The predicted molar refractivity (Wildman–Crippen MR) is 85.7 cm³/mol. The van der Waals surface area contributed by atoms with Gasteiger partial charge in [0.15, 0.2) is 5.75 Å². The average molecular weight is 336 g/mol. The van der Waals surface area contributed by atoms with Crippen LogP contribution in [-0.4, -0.2) is 7.11 Å². The van der Waals surface area contributed by atoms with Crippen LogP contribution in [0.1, 0.15) is 25.3 Å². The van der Waals surface area contributed by atoms with Gasteiger partial charge >= 0.3 is 0 Å². The normalized spacial score (nSPS) is 10.7. The Balaban J connectivity index is 2.35. The van der Waals surface area contributed by atoms with Gasteiger partial charge < -0.3 is 15.2 Å². The van der Waals surface area contributed by atoms with Crippen molar-refractivity contribution < 1.29 is 9.47 Å². The molecule has 0 saturated carbocycles. The number of methoxy groups -OCH3 is 1. The van der Waals surface area contributed by atoms with Crippen LogP contribution in [0.4, 0.5) is 5.69 Å². The van der Waals surface area contributed by atoms with Gasteiger partial charge in [-0.3, -0.25) is 0 Å². The summed E-state index contributed by atoms with van der Waals surface area (Å²) in [5, 5.41) is 0. The van der Waals surface area contributed by atoms with E-state index in [-0.39, 0.29) is 0 Å². The summed E-state index contributed by atoms with van der Waals surface area (Å²) in [5.41, 5.74) is 7.68. The highest BCUT2D eigenvalue weighted by Gasteiger charge is 2.11. The molecule has 2 rings (SSSR count). The van der Waals surface area contributed by atoms with Gasteiger partial charge in [-0.25, -0.2) is 0 Å². The summed E-state index contributed by atoms with van der Waals surface area (Å²) in [5.74, 6) is 2.53. The van der Waals surface area contributed by atoms with Gasteiger partial charge in [-0.15, -0.1) is 0 Å². The Hall–Kier alpha value is -1.68. The lowest BCUT2D eigenvalue weighted by molar-refractivity contribution is 0.413. The third-order valence-corrected chi connectivity index (χ3v) is 3.52. The third kappa shape index (κ3) is 3.25. The molecule has 0 unspecified atom stereocenters. The Morgan fingerprint density at radius 1 is 1.05 bits per heavy atom. The molecule has 0 bridgehead atoms. The third-order valence-electron chi connectivity index (χ3n) is 3.03. The maximum absolute atomic E-state index is 5.99. The number of nitrogen functional groups attached to an aromatic ring is 1. The standard InChI is InChI=1S/C16H18BrNO2/c1-10(2)13-8-11(17)4-6-15(13)20-16-7-5-12(19-3)9-14(16)18/h4-10H,18H2,1-3H3. The number of hydrogen-bond acceptors (Lipinski definition) is 3. The number of anilines is 1. The maximum Gasteiger partial charge on any atom is 0.150 e. The summed E-state index contributed by atoms with van der Waals surface area (Å²) in [7, 11) is 1.61. The number of ether oxygens (including phenoxy) is 2. The molecular formula is C16H18BrNO2. The van der Waals surface area contributed by atoms with Crippen LogP contribution < -0.4 is 15.2 Å². The fourth-order valence-electron chi connectivity index (χ4n) is 1.93. The maximum atomic E-state index is 5.99. The van der Waals surface area contributed by atoms with E-state index in [1.807, 2.05) is 24.3 Å². The van der Waals surface area contributed by atoms with E-state index in [0.717, 1.165) is 21.5 Å². The Labute approximate surface area is 127 Å². The first-order valence-electron chi connectivity index (χ1n) is 6.42. The van der Waals surface area contributed by atoms with Gasteiger partial charge in [-0.1, -0.05) is 29.8 Å². The largest absolute Gasteiger partial charge is 0.497 e. The second kappa shape index (κ2) is 6.18. The summed E-state index contributed by atoms with van der Waals surface area (Å²) in [4.78, 5) is 0. The molecule has 2 aromatic rings. The minimum Gasteiger partial charge on any atom is -0.497 e. The molecule has 0 saturated heterocycles. The highest BCUT2D eigenvalue weighted by molar-refractivity contribution is 9.10. The molecule has 3 nitrogen and oxygen atoms in total. The molecule has 0 fully saturated rings.